The first-order valence-electron chi connectivity index (χ1n) is 8.52. The van der Waals surface area contributed by atoms with Crippen LogP contribution in [-0.4, -0.2) is 27.5 Å². The summed E-state index contributed by atoms with van der Waals surface area (Å²) < 4.78 is 45.9. The highest BCUT2D eigenvalue weighted by molar-refractivity contribution is 7.89. The number of carbonyl (C=O) groups is 1. The van der Waals surface area contributed by atoms with Gasteiger partial charge in [-0.1, -0.05) is 12.1 Å². The van der Waals surface area contributed by atoms with Crippen LogP contribution in [0.2, 0.25) is 0 Å². The summed E-state index contributed by atoms with van der Waals surface area (Å²) in [6.07, 6.45) is -0.0764. The molecule has 0 saturated carbocycles. The average Bonchev–Trinajstić information content (AvgIpc) is 2.59. The predicted octanol–water partition coefficient (Wildman–Crippen LogP) is 3.15. The van der Waals surface area contributed by atoms with E-state index in [9.17, 15) is 17.6 Å². The number of nitrogens with one attached hydrogen (secondary N) is 2. The van der Waals surface area contributed by atoms with Crippen LogP contribution in [0.5, 0.6) is 5.75 Å². The maximum Gasteiger partial charge on any atom is 0.240 e. The lowest BCUT2D eigenvalue weighted by molar-refractivity contribution is -0.116. The number of anilines is 1. The highest BCUT2D eigenvalue weighted by atomic mass is 32.2. The molecule has 27 heavy (non-hydrogen) atoms. The number of hydrogen-bond acceptors (Lipinski definition) is 4. The molecule has 0 aromatic heterocycles. The molecule has 1 amide bonds. The molecule has 0 spiro atoms. The molecule has 0 atom stereocenters. The summed E-state index contributed by atoms with van der Waals surface area (Å²) in [5.74, 6) is -0.661. The molecule has 0 aliphatic carbocycles. The quantitative estimate of drug-likeness (QED) is 0.720. The van der Waals surface area contributed by atoms with E-state index in [1.807, 2.05) is 13.0 Å². The van der Waals surface area contributed by atoms with Gasteiger partial charge in [-0.3, -0.25) is 4.79 Å². The van der Waals surface area contributed by atoms with Crippen LogP contribution in [0.25, 0.3) is 0 Å². The summed E-state index contributed by atoms with van der Waals surface area (Å²) >= 11 is 0. The molecule has 0 heterocycles. The number of hydrogen-bond donors (Lipinski definition) is 2. The third-order valence-electron chi connectivity index (χ3n) is 3.79. The molecular weight excluding hydrogens is 371 g/mol. The van der Waals surface area contributed by atoms with Crippen molar-refractivity contribution in [2.75, 3.05) is 18.5 Å². The van der Waals surface area contributed by atoms with Crippen LogP contribution in [0, 0.1) is 19.7 Å². The van der Waals surface area contributed by atoms with Crippen LogP contribution in [0.15, 0.2) is 41.3 Å². The second kappa shape index (κ2) is 8.96. The van der Waals surface area contributed by atoms with Crippen molar-refractivity contribution in [3.8, 4) is 5.75 Å². The fourth-order valence-electron chi connectivity index (χ4n) is 2.46. The van der Waals surface area contributed by atoms with E-state index in [4.69, 9.17) is 4.74 Å². The zero-order chi connectivity index (χ0) is 20.0. The van der Waals surface area contributed by atoms with Crippen LogP contribution in [0.3, 0.4) is 0 Å². The van der Waals surface area contributed by atoms with Crippen molar-refractivity contribution < 1.29 is 22.3 Å². The van der Waals surface area contributed by atoms with Crippen molar-refractivity contribution in [3.63, 3.8) is 0 Å². The van der Waals surface area contributed by atoms with Crippen LogP contribution in [0.1, 0.15) is 24.5 Å². The molecular formula is C19H23FN2O4S. The smallest absolute Gasteiger partial charge is 0.240 e. The van der Waals surface area contributed by atoms with Gasteiger partial charge in [0, 0.05) is 19.0 Å². The average molecular weight is 394 g/mol. The minimum absolute atomic E-state index is 0.0628. The number of sulfonamides is 1. The van der Waals surface area contributed by atoms with Crippen molar-refractivity contribution in [2.45, 2.75) is 32.1 Å². The maximum absolute atomic E-state index is 13.3. The summed E-state index contributed by atoms with van der Waals surface area (Å²) in [4.78, 5) is 12.3. The van der Waals surface area contributed by atoms with E-state index in [-0.39, 0.29) is 23.6 Å². The molecule has 6 nitrogen and oxygen atoms in total. The number of amides is 1. The Kier molecular flexibility index (Phi) is 6.92. The van der Waals surface area contributed by atoms with Gasteiger partial charge in [-0.15, -0.1) is 0 Å². The van der Waals surface area contributed by atoms with E-state index in [1.165, 1.54) is 18.2 Å². The van der Waals surface area contributed by atoms with Gasteiger partial charge >= 0.3 is 0 Å². The second-order valence-corrected chi connectivity index (χ2v) is 7.77. The maximum atomic E-state index is 13.3. The van der Waals surface area contributed by atoms with Crippen LogP contribution < -0.4 is 14.8 Å². The summed E-state index contributed by atoms with van der Waals surface area (Å²) in [7, 11) is -3.71. The zero-order valence-electron chi connectivity index (χ0n) is 15.5. The molecule has 0 fully saturated rings. The van der Waals surface area contributed by atoms with E-state index in [1.54, 1.807) is 26.0 Å². The van der Waals surface area contributed by atoms with Crippen molar-refractivity contribution in [2.24, 2.45) is 0 Å². The topological polar surface area (TPSA) is 84.5 Å². The van der Waals surface area contributed by atoms with E-state index < -0.39 is 21.7 Å². The van der Waals surface area contributed by atoms with Gasteiger partial charge in [-0.2, -0.15) is 0 Å². The monoisotopic (exact) mass is 394 g/mol. The molecule has 0 aliphatic rings. The molecule has 2 aromatic rings. The van der Waals surface area contributed by atoms with Crippen molar-refractivity contribution in [1.82, 2.24) is 4.72 Å². The molecule has 0 aliphatic heterocycles. The number of halogens is 1. The van der Waals surface area contributed by atoms with Crippen molar-refractivity contribution in [3.05, 3.63) is 53.3 Å². The van der Waals surface area contributed by atoms with Crippen LogP contribution >= 0.6 is 0 Å². The molecule has 0 radical (unpaired) electrons. The van der Waals surface area contributed by atoms with Crippen LogP contribution in [0.4, 0.5) is 10.1 Å². The Labute approximate surface area is 158 Å². The molecule has 0 unspecified atom stereocenters. The summed E-state index contributed by atoms with van der Waals surface area (Å²) in [5.41, 5.74) is 1.80. The van der Waals surface area contributed by atoms with Gasteiger partial charge in [0.05, 0.1) is 17.2 Å². The first-order valence-corrected chi connectivity index (χ1v) is 10.0. The minimum atomic E-state index is -3.71. The largest absolute Gasteiger partial charge is 0.492 e. The zero-order valence-corrected chi connectivity index (χ0v) is 16.3. The third-order valence-corrected chi connectivity index (χ3v) is 5.40. The highest BCUT2D eigenvalue weighted by Crippen LogP contribution is 2.25. The normalized spacial score (nSPS) is 11.3. The molecule has 146 valence electrons. The summed E-state index contributed by atoms with van der Waals surface area (Å²) in [6.45, 7) is 5.53. The Balaban J connectivity index is 1.97. The number of ether oxygens (including phenoxy) is 1. The second-order valence-electron chi connectivity index (χ2n) is 6.04. The lowest BCUT2D eigenvalue weighted by Crippen LogP contribution is -2.28. The van der Waals surface area contributed by atoms with Crippen molar-refractivity contribution in [1.29, 1.82) is 0 Å². The van der Waals surface area contributed by atoms with Crippen molar-refractivity contribution >= 4 is 21.6 Å². The Morgan fingerprint density at radius 3 is 2.59 bits per heavy atom. The number of aryl methyl sites for hydroxylation is 2. The Hall–Kier alpha value is -2.45. The van der Waals surface area contributed by atoms with E-state index in [0.717, 1.165) is 5.56 Å². The van der Waals surface area contributed by atoms with Gasteiger partial charge in [-0.25, -0.2) is 17.5 Å². The predicted molar refractivity (Wildman–Crippen MR) is 102 cm³/mol. The molecule has 2 N–H and O–H groups in total. The first-order chi connectivity index (χ1) is 12.7. The van der Waals surface area contributed by atoms with Gasteiger partial charge in [0.1, 0.15) is 11.6 Å². The van der Waals surface area contributed by atoms with Gasteiger partial charge < -0.3 is 10.1 Å². The lowest BCUT2D eigenvalue weighted by atomic mass is 10.2. The summed E-state index contributed by atoms with van der Waals surface area (Å²) in [5, 5.41) is 2.60. The number of rotatable bonds is 8. The fourth-order valence-corrected chi connectivity index (χ4v) is 3.82. The van der Waals surface area contributed by atoms with Crippen LogP contribution in [-0.2, 0) is 14.8 Å². The Morgan fingerprint density at radius 1 is 1.15 bits per heavy atom. The fraction of sp³-hybridized carbons (Fsp3) is 0.316. The lowest BCUT2D eigenvalue weighted by Gasteiger charge is -2.12. The van der Waals surface area contributed by atoms with E-state index in [2.05, 4.69) is 10.0 Å². The van der Waals surface area contributed by atoms with Gasteiger partial charge in [0.15, 0.2) is 0 Å². The van der Waals surface area contributed by atoms with Gasteiger partial charge in [0.25, 0.3) is 0 Å². The molecule has 0 bridgehead atoms. The highest BCUT2D eigenvalue weighted by Gasteiger charge is 2.17. The minimum Gasteiger partial charge on any atom is -0.492 e. The number of carbonyl (C=O) groups excluding carboxylic acids is 1. The molecule has 2 rings (SSSR count). The number of benzene rings is 2. The SMILES string of the molecule is CCOc1cc(F)ccc1NC(=O)CCNS(=O)(=O)c1cc(C)ccc1C. The Bertz CT molecular complexity index is 929. The molecule has 8 heteroatoms. The standard InChI is InChI=1S/C19H23FN2O4S/c1-4-26-17-12-15(20)7-8-16(17)22-19(23)9-10-21-27(24,25)18-11-13(2)5-6-14(18)3/h5-8,11-12,21H,4,9-10H2,1-3H3,(H,22,23). The van der Waals surface area contributed by atoms with E-state index >= 15 is 0 Å². The molecule has 0 saturated heterocycles. The van der Waals surface area contributed by atoms with E-state index in [0.29, 0.717) is 17.9 Å². The summed E-state index contributed by atoms with van der Waals surface area (Å²) in [6, 6.07) is 8.95. The Morgan fingerprint density at radius 2 is 1.89 bits per heavy atom. The first kappa shape index (κ1) is 20.9. The third kappa shape index (κ3) is 5.77. The van der Waals surface area contributed by atoms with Gasteiger partial charge in [-0.05, 0) is 50.1 Å². The van der Waals surface area contributed by atoms with Gasteiger partial charge in [0.2, 0.25) is 15.9 Å². The molecule has 2 aromatic carbocycles.